The van der Waals surface area contributed by atoms with Crippen LogP contribution in [0.25, 0.3) is 0 Å². The van der Waals surface area contributed by atoms with E-state index in [1.165, 1.54) is 51.6 Å². The molecule has 0 bridgehead atoms. The Balaban J connectivity index is 2.10. The molecule has 2 aliphatic rings. The smallest absolute Gasteiger partial charge is 0.00106 e. The summed E-state index contributed by atoms with van der Waals surface area (Å²) in [6, 6.07) is 0. The Kier molecular flexibility index (Phi) is 3.16. The maximum atomic E-state index is 3.66. The second-order valence-electron chi connectivity index (χ2n) is 5.74. The summed E-state index contributed by atoms with van der Waals surface area (Å²) in [5.74, 6) is 1.88. The fraction of sp³-hybridized carbons (Fsp3) is 1.00. The molecule has 0 aromatic rings. The van der Waals surface area contributed by atoms with Gasteiger partial charge in [-0.2, -0.15) is 0 Å². The average molecular weight is 195 g/mol. The molecule has 2 atom stereocenters. The van der Waals surface area contributed by atoms with Crippen molar-refractivity contribution >= 4 is 0 Å². The summed E-state index contributed by atoms with van der Waals surface area (Å²) in [6.07, 6.45) is 8.79. The molecule has 1 heterocycles. The van der Waals surface area contributed by atoms with Gasteiger partial charge in [0.05, 0.1) is 0 Å². The molecule has 14 heavy (non-hydrogen) atoms. The van der Waals surface area contributed by atoms with Crippen molar-refractivity contribution in [3.63, 3.8) is 0 Å². The van der Waals surface area contributed by atoms with Crippen molar-refractivity contribution < 1.29 is 0 Å². The fourth-order valence-corrected chi connectivity index (χ4v) is 3.89. The maximum absolute atomic E-state index is 3.66. The third-order valence-corrected chi connectivity index (χ3v) is 4.54. The van der Waals surface area contributed by atoms with Crippen LogP contribution in [0.2, 0.25) is 0 Å². The molecule has 0 unspecified atom stereocenters. The molecule has 2 fully saturated rings. The van der Waals surface area contributed by atoms with Gasteiger partial charge in [0.25, 0.3) is 0 Å². The number of hydrogen-bond donors (Lipinski definition) is 1. The Morgan fingerprint density at radius 3 is 2.71 bits per heavy atom. The van der Waals surface area contributed by atoms with E-state index in [1.807, 2.05) is 0 Å². The minimum Gasteiger partial charge on any atom is -0.316 e. The molecular weight excluding hydrogens is 170 g/mol. The summed E-state index contributed by atoms with van der Waals surface area (Å²) in [5.41, 5.74) is 0.685. The highest BCUT2D eigenvalue weighted by atomic mass is 14.9. The first-order chi connectivity index (χ1) is 6.75. The lowest BCUT2D eigenvalue weighted by Crippen LogP contribution is -2.37. The van der Waals surface area contributed by atoms with Gasteiger partial charge in [0.2, 0.25) is 0 Å². The topological polar surface area (TPSA) is 12.0 Å². The van der Waals surface area contributed by atoms with E-state index < -0.39 is 0 Å². The van der Waals surface area contributed by atoms with Crippen molar-refractivity contribution in [3.8, 4) is 0 Å². The third-order valence-electron chi connectivity index (χ3n) is 4.54. The minimum atomic E-state index is 0.685. The lowest BCUT2D eigenvalue weighted by atomic mass is 9.70. The van der Waals surface area contributed by atoms with Crippen molar-refractivity contribution in [1.29, 1.82) is 0 Å². The van der Waals surface area contributed by atoms with Crippen LogP contribution in [0.5, 0.6) is 0 Å². The van der Waals surface area contributed by atoms with Gasteiger partial charge in [-0.05, 0) is 49.5 Å². The highest BCUT2D eigenvalue weighted by Crippen LogP contribution is 2.50. The summed E-state index contributed by atoms with van der Waals surface area (Å²) in [6.45, 7) is 7.40. The first-order valence-electron chi connectivity index (χ1n) is 6.45. The molecular formula is C13H25N. The van der Waals surface area contributed by atoms with E-state index in [9.17, 15) is 0 Å². The van der Waals surface area contributed by atoms with Gasteiger partial charge in [0.1, 0.15) is 0 Å². The Bertz CT molecular complexity index is 178. The zero-order valence-electron chi connectivity index (χ0n) is 9.81. The number of rotatable bonds is 1. The molecule has 1 N–H and O–H groups in total. The standard InChI is InChI=1S/C13H25N/c1-11(2)12-6-5-8-13(12)7-3-4-9-14-10-13/h11-12,14H,3-10H2,1-2H3/t12-,13-/m0/s1. The van der Waals surface area contributed by atoms with Crippen LogP contribution in [0.3, 0.4) is 0 Å². The van der Waals surface area contributed by atoms with Crippen LogP contribution >= 0.6 is 0 Å². The molecule has 1 aliphatic heterocycles. The first kappa shape index (κ1) is 10.5. The average Bonchev–Trinajstić information content (AvgIpc) is 2.39. The maximum Gasteiger partial charge on any atom is 0.00106 e. The van der Waals surface area contributed by atoms with Crippen molar-refractivity contribution in [2.45, 2.75) is 52.4 Å². The third kappa shape index (κ3) is 1.84. The molecule has 0 aromatic carbocycles. The predicted octanol–water partition coefficient (Wildman–Crippen LogP) is 3.20. The molecule has 1 heteroatoms. The highest BCUT2D eigenvalue weighted by molar-refractivity contribution is 4.95. The van der Waals surface area contributed by atoms with Gasteiger partial charge >= 0.3 is 0 Å². The Labute approximate surface area is 88.7 Å². The van der Waals surface area contributed by atoms with Crippen LogP contribution in [0.4, 0.5) is 0 Å². The summed E-state index contributed by atoms with van der Waals surface area (Å²) in [7, 11) is 0. The molecule has 0 amide bonds. The lowest BCUT2D eigenvalue weighted by molar-refractivity contribution is 0.140. The molecule has 1 saturated heterocycles. The second kappa shape index (κ2) is 4.22. The summed E-state index contributed by atoms with van der Waals surface area (Å²) in [5, 5.41) is 3.66. The molecule has 1 nitrogen and oxygen atoms in total. The van der Waals surface area contributed by atoms with E-state index in [4.69, 9.17) is 0 Å². The van der Waals surface area contributed by atoms with E-state index in [0.29, 0.717) is 5.41 Å². The van der Waals surface area contributed by atoms with Crippen LogP contribution in [-0.2, 0) is 0 Å². The Morgan fingerprint density at radius 2 is 1.93 bits per heavy atom. The molecule has 0 aromatic heterocycles. The van der Waals surface area contributed by atoms with Crippen LogP contribution in [0.1, 0.15) is 52.4 Å². The van der Waals surface area contributed by atoms with Crippen molar-refractivity contribution in [3.05, 3.63) is 0 Å². The number of hydrogen-bond acceptors (Lipinski definition) is 1. The first-order valence-corrected chi connectivity index (χ1v) is 6.45. The van der Waals surface area contributed by atoms with E-state index in [0.717, 1.165) is 11.8 Å². The molecule has 2 rings (SSSR count). The summed E-state index contributed by atoms with van der Waals surface area (Å²) >= 11 is 0. The molecule has 1 spiro atoms. The lowest BCUT2D eigenvalue weighted by Gasteiger charge is -2.37. The fourth-order valence-electron chi connectivity index (χ4n) is 3.89. The molecule has 82 valence electrons. The normalized spacial score (nSPS) is 39.2. The zero-order chi connectivity index (χ0) is 10.0. The van der Waals surface area contributed by atoms with Crippen molar-refractivity contribution in [2.75, 3.05) is 13.1 Å². The van der Waals surface area contributed by atoms with Gasteiger partial charge in [0.15, 0.2) is 0 Å². The van der Waals surface area contributed by atoms with Crippen molar-refractivity contribution in [1.82, 2.24) is 5.32 Å². The molecule has 1 saturated carbocycles. The predicted molar refractivity (Wildman–Crippen MR) is 61.3 cm³/mol. The van der Waals surface area contributed by atoms with Crippen LogP contribution in [0.15, 0.2) is 0 Å². The molecule has 1 aliphatic carbocycles. The van der Waals surface area contributed by atoms with Crippen molar-refractivity contribution in [2.24, 2.45) is 17.3 Å². The van der Waals surface area contributed by atoms with E-state index >= 15 is 0 Å². The monoisotopic (exact) mass is 195 g/mol. The quantitative estimate of drug-likeness (QED) is 0.677. The summed E-state index contributed by atoms with van der Waals surface area (Å²) in [4.78, 5) is 0. The van der Waals surface area contributed by atoms with E-state index in [2.05, 4.69) is 19.2 Å². The van der Waals surface area contributed by atoms with E-state index in [1.54, 1.807) is 0 Å². The highest BCUT2D eigenvalue weighted by Gasteiger charge is 2.43. The molecule has 0 radical (unpaired) electrons. The summed E-state index contributed by atoms with van der Waals surface area (Å²) < 4.78 is 0. The van der Waals surface area contributed by atoms with Crippen LogP contribution < -0.4 is 5.32 Å². The van der Waals surface area contributed by atoms with Gasteiger partial charge in [-0.25, -0.2) is 0 Å². The Morgan fingerprint density at radius 1 is 1.14 bits per heavy atom. The zero-order valence-corrected chi connectivity index (χ0v) is 9.81. The minimum absolute atomic E-state index is 0.685. The van der Waals surface area contributed by atoms with Gasteiger partial charge < -0.3 is 5.32 Å². The SMILES string of the molecule is CC(C)[C@@H]1CCC[C@]12CCCCNC2. The van der Waals surface area contributed by atoms with Gasteiger partial charge in [0, 0.05) is 6.54 Å². The van der Waals surface area contributed by atoms with E-state index in [-0.39, 0.29) is 0 Å². The largest absolute Gasteiger partial charge is 0.316 e. The van der Waals surface area contributed by atoms with Gasteiger partial charge in [-0.15, -0.1) is 0 Å². The van der Waals surface area contributed by atoms with Crippen LogP contribution in [-0.4, -0.2) is 13.1 Å². The number of nitrogens with one attached hydrogen (secondary N) is 1. The van der Waals surface area contributed by atoms with Crippen LogP contribution in [0, 0.1) is 17.3 Å². The second-order valence-corrected chi connectivity index (χ2v) is 5.74. The van der Waals surface area contributed by atoms with Gasteiger partial charge in [-0.1, -0.05) is 26.7 Å². The Hall–Kier alpha value is -0.0400. The van der Waals surface area contributed by atoms with Gasteiger partial charge in [-0.3, -0.25) is 0 Å².